The van der Waals surface area contributed by atoms with Crippen LogP contribution >= 0.6 is 0 Å². The summed E-state index contributed by atoms with van der Waals surface area (Å²) < 4.78 is 43.1. The van der Waals surface area contributed by atoms with Crippen molar-refractivity contribution in [3.05, 3.63) is 17.8 Å². The van der Waals surface area contributed by atoms with Gasteiger partial charge in [-0.1, -0.05) is 0 Å². The first-order valence-electron chi connectivity index (χ1n) is 6.04. The van der Waals surface area contributed by atoms with Gasteiger partial charge in [0.25, 0.3) is 0 Å². The van der Waals surface area contributed by atoms with E-state index in [1.54, 1.807) is 0 Å². The van der Waals surface area contributed by atoms with E-state index in [0.717, 1.165) is 4.90 Å². The Morgan fingerprint density at radius 3 is 2.86 bits per heavy atom. The minimum atomic E-state index is -4.50. The average molecular weight is 305 g/mol. The Hall–Kier alpha value is -2.10. The summed E-state index contributed by atoms with van der Waals surface area (Å²) in [5.41, 5.74) is 5.97. The highest BCUT2D eigenvalue weighted by Gasteiger charge is 2.48. The molecule has 1 aliphatic rings. The van der Waals surface area contributed by atoms with E-state index >= 15 is 0 Å². The average Bonchev–Trinajstić information content (AvgIpc) is 2.78. The van der Waals surface area contributed by atoms with E-state index in [-0.39, 0.29) is 12.4 Å². The topological polar surface area (TPSA) is 93.4 Å². The second-order valence-electron chi connectivity index (χ2n) is 4.58. The van der Waals surface area contributed by atoms with Gasteiger partial charge in [-0.05, 0) is 6.07 Å². The summed E-state index contributed by atoms with van der Waals surface area (Å²) in [6, 6.07) is -1.99. The number of aromatic nitrogens is 2. The van der Waals surface area contributed by atoms with E-state index in [2.05, 4.69) is 10.2 Å². The lowest BCUT2D eigenvalue weighted by Crippen LogP contribution is -2.40. The van der Waals surface area contributed by atoms with Crippen molar-refractivity contribution in [1.29, 1.82) is 0 Å². The Morgan fingerprint density at radius 1 is 1.62 bits per heavy atom. The van der Waals surface area contributed by atoms with Crippen molar-refractivity contribution < 1.29 is 22.7 Å². The maximum atomic E-state index is 12.7. The minimum Gasteiger partial charge on any atom is -0.382 e. The lowest BCUT2D eigenvalue weighted by molar-refractivity contribution is -0.150. The number of hydrogen-bond donors (Lipinski definition) is 2. The molecule has 1 aromatic heterocycles. The summed E-state index contributed by atoms with van der Waals surface area (Å²) in [5, 5.41) is 9.12. The van der Waals surface area contributed by atoms with Crippen LogP contribution in [-0.4, -0.2) is 53.6 Å². The van der Waals surface area contributed by atoms with Crippen LogP contribution in [0.25, 0.3) is 0 Å². The smallest absolute Gasteiger partial charge is 0.382 e. The number of anilines is 1. The molecule has 1 aromatic rings. The second kappa shape index (κ2) is 5.72. The zero-order valence-corrected chi connectivity index (χ0v) is 11.1. The number of hydrogen-bond acceptors (Lipinski definition) is 5. The number of nitrogens with zero attached hydrogens (tertiary/aromatic N) is 3. The normalized spacial score (nSPS) is 20.5. The third-order valence-corrected chi connectivity index (χ3v) is 3.11. The molecule has 0 aromatic carbocycles. The van der Waals surface area contributed by atoms with Crippen LogP contribution in [0, 0.1) is 0 Å². The number of rotatable bonds is 4. The molecule has 0 bridgehead atoms. The van der Waals surface area contributed by atoms with Crippen LogP contribution in [0.1, 0.15) is 11.6 Å². The molecule has 1 fully saturated rings. The fraction of sp³-hybridized carbons (Fsp3) is 0.545. The van der Waals surface area contributed by atoms with Gasteiger partial charge in [0, 0.05) is 12.7 Å². The predicted octanol–water partition coefficient (Wildman–Crippen LogP) is 0.702. The summed E-state index contributed by atoms with van der Waals surface area (Å²) in [7, 11) is 1.39. The molecule has 1 unspecified atom stereocenters. The largest absolute Gasteiger partial charge is 0.410 e. The molecule has 1 aliphatic heterocycles. The number of urea groups is 1. The van der Waals surface area contributed by atoms with Gasteiger partial charge in [-0.25, -0.2) is 4.79 Å². The molecule has 7 nitrogen and oxygen atoms in total. The first-order chi connectivity index (χ1) is 9.82. The summed E-state index contributed by atoms with van der Waals surface area (Å²) in [4.78, 5) is 12.9. The van der Waals surface area contributed by atoms with Crippen LogP contribution in [0.15, 0.2) is 12.3 Å². The van der Waals surface area contributed by atoms with E-state index in [1.807, 2.05) is 5.32 Å². The number of nitrogen functional groups attached to an aromatic ring is 1. The van der Waals surface area contributed by atoms with Crippen LogP contribution < -0.4 is 11.1 Å². The van der Waals surface area contributed by atoms with Crippen molar-refractivity contribution in [2.45, 2.75) is 18.3 Å². The fourth-order valence-electron chi connectivity index (χ4n) is 2.12. The van der Waals surface area contributed by atoms with Crippen LogP contribution in [0.4, 0.5) is 23.8 Å². The Balaban J connectivity index is 2.25. The lowest BCUT2D eigenvalue weighted by atomic mass is 10.1. The van der Waals surface area contributed by atoms with Gasteiger partial charge in [0.05, 0.1) is 25.4 Å². The minimum absolute atomic E-state index is 0.0170. The molecule has 10 heteroatoms. The number of nitrogens with one attached hydrogen (secondary N) is 1. The number of ether oxygens (including phenoxy) is 1. The van der Waals surface area contributed by atoms with E-state index in [0.29, 0.717) is 5.56 Å². The molecule has 0 spiro atoms. The highest BCUT2D eigenvalue weighted by atomic mass is 19.4. The number of carbonyl (C=O) groups excluding carboxylic acids is 1. The van der Waals surface area contributed by atoms with E-state index in [9.17, 15) is 18.0 Å². The quantitative estimate of drug-likeness (QED) is 0.854. The number of halogens is 3. The van der Waals surface area contributed by atoms with Gasteiger partial charge < -0.3 is 20.7 Å². The van der Waals surface area contributed by atoms with Crippen molar-refractivity contribution in [3.63, 3.8) is 0 Å². The van der Waals surface area contributed by atoms with E-state index in [1.165, 1.54) is 19.4 Å². The lowest BCUT2D eigenvalue weighted by Gasteiger charge is -2.26. The number of amides is 2. The van der Waals surface area contributed by atoms with Crippen molar-refractivity contribution in [2.24, 2.45) is 0 Å². The first kappa shape index (κ1) is 15.3. The molecule has 116 valence electrons. The van der Waals surface area contributed by atoms with Crippen LogP contribution in [0.2, 0.25) is 0 Å². The van der Waals surface area contributed by atoms with Crippen molar-refractivity contribution in [2.75, 3.05) is 26.0 Å². The molecule has 2 amide bonds. The Bertz CT molecular complexity index is 525. The van der Waals surface area contributed by atoms with Crippen molar-refractivity contribution in [1.82, 2.24) is 20.4 Å². The fourth-order valence-corrected chi connectivity index (χ4v) is 2.12. The Kier molecular flexibility index (Phi) is 4.16. The van der Waals surface area contributed by atoms with E-state index < -0.39 is 30.8 Å². The zero-order valence-electron chi connectivity index (χ0n) is 11.1. The standard InChI is InChI=1S/C11H14F3N5O2/c1-21-5-7(6-2-9(15)18-16-3-6)19-4-8(11(12,13)14)17-10(19)20/h2-3,7-8H,4-5H2,1H3,(H2,15,18)(H,17,20)/t7?,8-/m0/s1. The van der Waals surface area contributed by atoms with Crippen LogP contribution in [-0.2, 0) is 4.74 Å². The van der Waals surface area contributed by atoms with Crippen LogP contribution in [0.3, 0.4) is 0 Å². The molecule has 1 saturated heterocycles. The summed E-state index contributed by atoms with van der Waals surface area (Å²) in [5.74, 6) is 0.112. The molecule has 0 saturated carbocycles. The summed E-state index contributed by atoms with van der Waals surface area (Å²) in [6.45, 7) is -0.484. The molecule has 0 aliphatic carbocycles. The molecule has 0 radical (unpaired) electrons. The highest BCUT2D eigenvalue weighted by Crippen LogP contribution is 2.30. The van der Waals surface area contributed by atoms with Gasteiger partial charge in [-0.2, -0.15) is 18.3 Å². The van der Waals surface area contributed by atoms with Gasteiger partial charge in [-0.3, -0.25) is 0 Å². The van der Waals surface area contributed by atoms with E-state index in [4.69, 9.17) is 10.5 Å². The van der Waals surface area contributed by atoms with Crippen molar-refractivity contribution >= 4 is 11.8 Å². The predicted molar refractivity (Wildman–Crippen MR) is 66.1 cm³/mol. The van der Waals surface area contributed by atoms with Crippen LogP contribution in [0.5, 0.6) is 0 Å². The Morgan fingerprint density at radius 2 is 2.33 bits per heavy atom. The van der Waals surface area contributed by atoms with Gasteiger partial charge in [-0.15, -0.1) is 5.10 Å². The monoisotopic (exact) mass is 305 g/mol. The third kappa shape index (κ3) is 3.32. The molecule has 2 atom stereocenters. The summed E-state index contributed by atoms with van der Waals surface area (Å²) in [6.07, 6.45) is -3.16. The van der Waals surface area contributed by atoms with Gasteiger partial charge in [0.2, 0.25) is 0 Å². The summed E-state index contributed by atoms with van der Waals surface area (Å²) >= 11 is 0. The highest BCUT2D eigenvalue weighted by molar-refractivity contribution is 5.77. The number of nitrogens with two attached hydrogens (primary N) is 1. The molecular formula is C11H14F3N5O2. The molecule has 3 N–H and O–H groups in total. The van der Waals surface area contributed by atoms with Gasteiger partial charge in [0.1, 0.15) is 11.9 Å². The maximum absolute atomic E-state index is 12.7. The first-order valence-corrected chi connectivity index (χ1v) is 6.04. The third-order valence-electron chi connectivity index (χ3n) is 3.11. The van der Waals surface area contributed by atoms with Gasteiger partial charge >= 0.3 is 12.2 Å². The van der Waals surface area contributed by atoms with Crippen molar-refractivity contribution in [3.8, 4) is 0 Å². The SMILES string of the molecule is COCC(c1cnnc(N)c1)N1C[C@@H](C(F)(F)F)NC1=O. The number of carbonyl (C=O) groups is 1. The van der Waals surface area contributed by atoms with Gasteiger partial charge in [0.15, 0.2) is 0 Å². The molecular weight excluding hydrogens is 291 g/mol. The molecule has 2 rings (SSSR count). The molecule has 2 heterocycles. The molecule has 21 heavy (non-hydrogen) atoms. The second-order valence-corrected chi connectivity index (χ2v) is 4.58. The zero-order chi connectivity index (χ0) is 15.6. The Labute approximate surface area is 118 Å². The number of methoxy groups -OCH3 is 1. The maximum Gasteiger partial charge on any atom is 0.410 e. The number of alkyl halides is 3.